The zero-order valence-electron chi connectivity index (χ0n) is 15.4. The summed E-state index contributed by atoms with van der Waals surface area (Å²) in [5, 5.41) is 12.5. The molecule has 1 unspecified atom stereocenters. The first-order valence-electron chi connectivity index (χ1n) is 8.82. The minimum atomic E-state index is -0.788. The van der Waals surface area contributed by atoms with Gasteiger partial charge in [-0.05, 0) is 54.6 Å². The third-order valence-corrected chi connectivity index (χ3v) is 5.66. The number of hydrogen-bond donors (Lipinski definition) is 1. The van der Waals surface area contributed by atoms with Crippen molar-refractivity contribution in [2.45, 2.75) is 19.9 Å². The molecule has 0 bridgehead atoms. The SMILES string of the molecule is Cc1ccc(C)c(N2C(=O)C(O)=C(C(=O)c3cccs3)C2c2ccccn2)c1. The predicted octanol–water partition coefficient (Wildman–Crippen LogP) is 4.54. The normalized spacial score (nSPS) is 16.7. The van der Waals surface area contributed by atoms with Gasteiger partial charge in [0.2, 0.25) is 5.78 Å². The number of amides is 1. The molecule has 1 atom stereocenters. The Morgan fingerprint density at radius 3 is 2.64 bits per heavy atom. The van der Waals surface area contributed by atoms with E-state index in [0.717, 1.165) is 11.1 Å². The number of aliphatic hydroxyl groups is 1. The summed E-state index contributed by atoms with van der Waals surface area (Å²) in [6.45, 7) is 3.83. The van der Waals surface area contributed by atoms with Gasteiger partial charge in [0.15, 0.2) is 5.76 Å². The Morgan fingerprint density at radius 2 is 1.96 bits per heavy atom. The summed E-state index contributed by atoms with van der Waals surface area (Å²) in [4.78, 5) is 32.6. The van der Waals surface area contributed by atoms with Gasteiger partial charge >= 0.3 is 0 Å². The highest BCUT2D eigenvalue weighted by atomic mass is 32.1. The maximum absolute atomic E-state index is 13.2. The largest absolute Gasteiger partial charge is 0.503 e. The van der Waals surface area contributed by atoms with Crippen molar-refractivity contribution in [1.82, 2.24) is 4.98 Å². The number of rotatable bonds is 4. The molecule has 3 heterocycles. The van der Waals surface area contributed by atoms with E-state index < -0.39 is 17.7 Å². The average molecular weight is 390 g/mol. The summed E-state index contributed by atoms with van der Waals surface area (Å²) < 4.78 is 0. The number of Topliss-reactive ketones (excluding diaryl/α,β-unsaturated/α-hetero) is 1. The van der Waals surface area contributed by atoms with Crippen LogP contribution >= 0.6 is 11.3 Å². The number of carbonyl (C=O) groups is 2. The molecule has 0 fully saturated rings. The summed E-state index contributed by atoms with van der Waals surface area (Å²) in [5.74, 6) is -1.47. The number of anilines is 1. The van der Waals surface area contributed by atoms with E-state index in [-0.39, 0.29) is 11.4 Å². The van der Waals surface area contributed by atoms with Gasteiger partial charge in [-0.25, -0.2) is 0 Å². The molecule has 0 radical (unpaired) electrons. The fourth-order valence-corrected chi connectivity index (χ4v) is 4.10. The van der Waals surface area contributed by atoms with Crippen LogP contribution in [0.15, 0.2) is 71.4 Å². The number of ketones is 1. The van der Waals surface area contributed by atoms with Crippen molar-refractivity contribution in [3.05, 3.63) is 93.1 Å². The van der Waals surface area contributed by atoms with E-state index in [9.17, 15) is 14.7 Å². The minimum Gasteiger partial charge on any atom is -0.503 e. The van der Waals surface area contributed by atoms with Gasteiger partial charge in [0.1, 0.15) is 6.04 Å². The smallest absolute Gasteiger partial charge is 0.294 e. The van der Waals surface area contributed by atoms with Crippen molar-refractivity contribution in [3.8, 4) is 0 Å². The highest BCUT2D eigenvalue weighted by Crippen LogP contribution is 2.42. The lowest BCUT2D eigenvalue weighted by atomic mass is 9.98. The summed E-state index contributed by atoms with van der Waals surface area (Å²) in [5.41, 5.74) is 3.09. The first kappa shape index (κ1) is 18.1. The standard InChI is InChI=1S/C22H18N2O3S/c1-13-8-9-14(2)16(12-13)24-19(15-6-3-4-10-23-15)18(21(26)22(24)27)20(25)17-7-5-11-28-17/h3-12,19,26H,1-2H3. The van der Waals surface area contributed by atoms with E-state index in [2.05, 4.69) is 4.98 Å². The third-order valence-electron chi connectivity index (χ3n) is 4.79. The van der Waals surface area contributed by atoms with E-state index in [1.165, 1.54) is 16.2 Å². The Bertz CT molecular complexity index is 1090. The monoisotopic (exact) mass is 390 g/mol. The first-order valence-corrected chi connectivity index (χ1v) is 9.70. The molecule has 1 aliphatic heterocycles. The third kappa shape index (κ3) is 2.92. The highest BCUT2D eigenvalue weighted by molar-refractivity contribution is 7.12. The van der Waals surface area contributed by atoms with Crippen LogP contribution in [0.1, 0.15) is 32.5 Å². The quantitative estimate of drug-likeness (QED) is 0.664. The van der Waals surface area contributed by atoms with Gasteiger partial charge in [0.05, 0.1) is 16.1 Å². The van der Waals surface area contributed by atoms with Crippen molar-refractivity contribution in [2.24, 2.45) is 0 Å². The van der Waals surface area contributed by atoms with Crippen LogP contribution in [-0.2, 0) is 4.79 Å². The zero-order valence-corrected chi connectivity index (χ0v) is 16.2. The number of carbonyl (C=O) groups excluding carboxylic acids is 2. The molecule has 0 saturated carbocycles. The van der Waals surface area contributed by atoms with Crippen molar-refractivity contribution < 1.29 is 14.7 Å². The number of aliphatic hydroxyl groups excluding tert-OH is 1. The molecule has 1 aliphatic rings. The molecule has 1 amide bonds. The number of aromatic nitrogens is 1. The van der Waals surface area contributed by atoms with Gasteiger partial charge in [-0.15, -0.1) is 11.3 Å². The minimum absolute atomic E-state index is 0.0621. The van der Waals surface area contributed by atoms with Crippen LogP contribution < -0.4 is 4.90 Å². The molecule has 5 nitrogen and oxygen atoms in total. The molecule has 1 N–H and O–H groups in total. The Labute approximate surface area is 166 Å². The molecular formula is C22H18N2O3S. The lowest BCUT2D eigenvalue weighted by molar-refractivity contribution is -0.117. The van der Waals surface area contributed by atoms with Crippen molar-refractivity contribution in [3.63, 3.8) is 0 Å². The second-order valence-electron chi connectivity index (χ2n) is 6.69. The van der Waals surface area contributed by atoms with Gasteiger partial charge < -0.3 is 5.11 Å². The predicted molar refractivity (Wildman–Crippen MR) is 109 cm³/mol. The van der Waals surface area contributed by atoms with E-state index >= 15 is 0 Å². The Kier molecular flexibility index (Phi) is 4.57. The zero-order chi connectivity index (χ0) is 19.8. The van der Waals surface area contributed by atoms with E-state index in [4.69, 9.17) is 0 Å². The van der Waals surface area contributed by atoms with Gasteiger partial charge in [-0.3, -0.25) is 19.5 Å². The number of pyridine rings is 1. The maximum atomic E-state index is 13.2. The van der Waals surface area contributed by atoms with Crippen LogP contribution in [0.25, 0.3) is 0 Å². The maximum Gasteiger partial charge on any atom is 0.294 e. The number of hydrogen-bond acceptors (Lipinski definition) is 5. The molecule has 2 aromatic heterocycles. The number of thiophene rings is 1. The van der Waals surface area contributed by atoms with Gasteiger partial charge in [0, 0.05) is 11.9 Å². The van der Waals surface area contributed by atoms with Crippen molar-refractivity contribution >= 4 is 28.7 Å². The summed E-state index contributed by atoms with van der Waals surface area (Å²) in [6.07, 6.45) is 1.61. The van der Waals surface area contributed by atoms with Crippen molar-refractivity contribution in [2.75, 3.05) is 4.90 Å². The average Bonchev–Trinajstić information content (AvgIpc) is 3.32. The summed E-state index contributed by atoms with van der Waals surface area (Å²) >= 11 is 1.28. The van der Waals surface area contributed by atoms with Crippen LogP contribution in [0.3, 0.4) is 0 Å². The second-order valence-corrected chi connectivity index (χ2v) is 7.64. The molecule has 140 valence electrons. The van der Waals surface area contributed by atoms with E-state index in [0.29, 0.717) is 16.3 Å². The lowest BCUT2D eigenvalue weighted by Gasteiger charge is -2.27. The van der Waals surface area contributed by atoms with Gasteiger partial charge in [-0.2, -0.15) is 0 Å². The molecular weight excluding hydrogens is 372 g/mol. The fraction of sp³-hybridized carbons (Fsp3) is 0.136. The fourth-order valence-electron chi connectivity index (χ4n) is 3.42. The lowest BCUT2D eigenvalue weighted by Crippen LogP contribution is -2.32. The summed E-state index contributed by atoms with van der Waals surface area (Å²) in [6, 6.07) is 13.8. The number of benzene rings is 1. The van der Waals surface area contributed by atoms with Crippen LogP contribution in [0, 0.1) is 13.8 Å². The van der Waals surface area contributed by atoms with E-state index in [1.807, 2.05) is 32.0 Å². The molecule has 0 spiro atoms. The van der Waals surface area contributed by atoms with Crippen molar-refractivity contribution in [1.29, 1.82) is 0 Å². The number of nitrogens with zero attached hydrogens (tertiary/aromatic N) is 2. The Hall–Kier alpha value is -3.25. The second kappa shape index (κ2) is 7.05. The molecule has 28 heavy (non-hydrogen) atoms. The molecule has 4 rings (SSSR count). The topological polar surface area (TPSA) is 70.5 Å². The Morgan fingerprint density at radius 1 is 1.14 bits per heavy atom. The Balaban J connectivity index is 1.92. The van der Waals surface area contributed by atoms with Gasteiger partial charge in [0.25, 0.3) is 5.91 Å². The van der Waals surface area contributed by atoms with Crippen LogP contribution in [-0.4, -0.2) is 21.8 Å². The van der Waals surface area contributed by atoms with Crippen LogP contribution in [0.5, 0.6) is 0 Å². The summed E-state index contributed by atoms with van der Waals surface area (Å²) in [7, 11) is 0. The van der Waals surface area contributed by atoms with Crippen LogP contribution in [0.2, 0.25) is 0 Å². The molecule has 0 saturated heterocycles. The van der Waals surface area contributed by atoms with E-state index in [1.54, 1.807) is 41.9 Å². The highest BCUT2D eigenvalue weighted by Gasteiger charge is 2.45. The molecule has 3 aromatic rings. The van der Waals surface area contributed by atoms with Gasteiger partial charge in [-0.1, -0.05) is 24.3 Å². The molecule has 6 heteroatoms. The van der Waals surface area contributed by atoms with Crippen LogP contribution in [0.4, 0.5) is 5.69 Å². The number of aryl methyl sites for hydroxylation is 2. The molecule has 0 aliphatic carbocycles. The molecule has 1 aromatic carbocycles. The first-order chi connectivity index (χ1) is 13.5.